The van der Waals surface area contributed by atoms with E-state index in [0.717, 1.165) is 33.5 Å². The minimum Gasteiger partial charge on any atom is -0.361 e. The average molecular weight is 297 g/mol. The molecule has 0 spiro atoms. The predicted molar refractivity (Wildman–Crippen MR) is 73.1 cm³/mol. The van der Waals surface area contributed by atoms with Crippen molar-refractivity contribution < 1.29 is 0 Å². The van der Waals surface area contributed by atoms with Gasteiger partial charge in [-0.25, -0.2) is 4.98 Å². The summed E-state index contributed by atoms with van der Waals surface area (Å²) in [7, 11) is 0. The molecule has 1 N–H and O–H groups in total. The number of rotatable bonds is 3. The standard InChI is InChI=1S/C12H13BrN2S/c1-7-4-8(7)6-14-12-15-10-5-9(13)2-3-11(10)16-12/h2-3,5,7-8H,4,6H2,1H3,(H,14,15). The second-order valence-corrected chi connectivity index (χ2v) is 6.43. The van der Waals surface area contributed by atoms with E-state index in [-0.39, 0.29) is 0 Å². The maximum atomic E-state index is 4.58. The quantitative estimate of drug-likeness (QED) is 0.921. The Balaban J connectivity index is 1.77. The van der Waals surface area contributed by atoms with E-state index in [9.17, 15) is 0 Å². The van der Waals surface area contributed by atoms with Gasteiger partial charge in [-0.3, -0.25) is 0 Å². The maximum absolute atomic E-state index is 4.58. The van der Waals surface area contributed by atoms with Crippen LogP contribution in [-0.2, 0) is 0 Å². The normalized spacial score (nSPS) is 23.6. The van der Waals surface area contributed by atoms with E-state index in [0.29, 0.717) is 0 Å². The molecule has 1 heterocycles. The predicted octanol–water partition coefficient (Wildman–Crippen LogP) is 4.13. The zero-order valence-corrected chi connectivity index (χ0v) is 11.4. The van der Waals surface area contributed by atoms with Gasteiger partial charge < -0.3 is 5.32 Å². The zero-order valence-electron chi connectivity index (χ0n) is 9.03. The topological polar surface area (TPSA) is 24.9 Å². The van der Waals surface area contributed by atoms with Crippen molar-refractivity contribution in [1.82, 2.24) is 4.98 Å². The van der Waals surface area contributed by atoms with Crippen LogP contribution in [0.4, 0.5) is 5.13 Å². The van der Waals surface area contributed by atoms with Gasteiger partial charge in [-0.05, 0) is 36.5 Å². The third-order valence-corrected chi connectivity index (χ3v) is 4.63. The first kappa shape index (κ1) is 10.5. The first-order valence-corrected chi connectivity index (χ1v) is 7.13. The van der Waals surface area contributed by atoms with Crippen LogP contribution in [0.3, 0.4) is 0 Å². The Kier molecular flexibility index (Phi) is 2.64. The van der Waals surface area contributed by atoms with Crippen LogP contribution in [0.5, 0.6) is 0 Å². The Morgan fingerprint density at radius 2 is 2.38 bits per heavy atom. The monoisotopic (exact) mass is 296 g/mol. The van der Waals surface area contributed by atoms with Crippen molar-refractivity contribution in [2.75, 3.05) is 11.9 Å². The van der Waals surface area contributed by atoms with Crippen molar-refractivity contribution in [3.8, 4) is 0 Å². The van der Waals surface area contributed by atoms with Crippen molar-refractivity contribution in [3.05, 3.63) is 22.7 Å². The van der Waals surface area contributed by atoms with E-state index in [1.165, 1.54) is 11.1 Å². The van der Waals surface area contributed by atoms with Crippen LogP contribution in [0, 0.1) is 11.8 Å². The van der Waals surface area contributed by atoms with Crippen LogP contribution < -0.4 is 5.32 Å². The number of fused-ring (bicyclic) bond motifs is 1. The molecule has 0 amide bonds. The van der Waals surface area contributed by atoms with Crippen molar-refractivity contribution >= 4 is 42.6 Å². The molecule has 2 nitrogen and oxygen atoms in total. The highest BCUT2D eigenvalue weighted by Crippen LogP contribution is 2.38. The fourth-order valence-corrected chi connectivity index (χ4v) is 3.08. The zero-order chi connectivity index (χ0) is 11.1. The molecule has 4 heteroatoms. The molecule has 0 aliphatic heterocycles. The molecule has 2 atom stereocenters. The number of hydrogen-bond acceptors (Lipinski definition) is 3. The fraction of sp³-hybridized carbons (Fsp3) is 0.417. The molecule has 1 aliphatic carbocycles. The van der Waals surface area contributed by atoms with E-state index in [2.05, 4.69) is 51.4 Å². The van der Waals surface area contributed by atoms with Crippen molar-refractivity contribution in [2.45, 2.75) is 13.3 Å². The van der Waals surface area contributed by atoms with E-state index in [4.69, 9.17) is 0 Å². The minimum absolute atomic E-state index is 0.860. The molecule has 1 aliphatic rings. The lowest BCUT2D eigenvalue weighted by atomic mass is 10.3. The molecule has 3 rings (SSSR count). The fourth-order valence-electron chi connectivity index (χ4n) is 1.88. The van der Waals surface area contributed by atoms with Crippen molar-refractivity contribution in [3.63, 3.8) is 0 Å². The smallest absolute Gasteiger partial charge is 0.183 e. The molecular formula is C12H13BrN2S. The number of nitrogens with zero attached hydrogens (tertiary/aromatic N) is 1. The molecule has 2 aromatic rings. The Morgan fingerprint density at radius 3 is 3.12 bits per heavy atom. The van der Waals surface area contributed by atoms with Gasteiger partial charge in [0.25, 0.3) is 0 Å². The van der Waals surface area contributed by atoms with Gasteiger partial charge in [-0.15, -0.1) is 0 Å². The molecule has 0 radical (unpaired) electrons. The molecular weight excluding hydrogens is 284 g/mol. The summed E-state index contributed by atoms with van der Waals surface area (Å²) in [5.41, 5.74) is 1.07. The van der Waals surface area contributed by atoms with Gasteiger partial charge in [0, 0.05) is 11.0 Å². The molecule has 84 valence electrons. The first-order chi connectivity index (χ1) is 7.72. The van der Waals surface area contributed by atoms with Gasteiger partial charge in [0.1, 0.15) is 0 Å². The van der Waals surface area contributed by atoms with Crippen LogP contribution in [0.1, 0.15) is 13.3 Å². The van der Waals surface area contributed by atoms with Crippen LogP contribution in [0.25, 0.3) is 10.2 Å². The summed E-state index contributed by atoms with van der Waals surface area (Å²) in [4.78, 5) is 4.58. The van der Waals surface area contributed by atoms with E-state index >= 15 is 0 Å². The van der Waals surface area contributed by atoms with Gasteiger partial charge in [0.2, 0.25) is 0 Å². The summed E-state index contributed by atoms with van der Waals surface area (Å²) >= 11 is 5.20. The third kappa shape index (κ3) is 2.09. The highest BCUT2D eigenvalue weighted by Gasteiger charge is 2.32. The molecule has 0 saturated heterocycles. The highest BCUT2D eigenvalue weighted by atomic mass is 79.9. The van der Waals surface area contributed by atoms with Crippen molar-refractivity contribution in [2.24, 2.45) is 11.8 Å². The summed E-state index contributed by atoms with van der Waals surface area (Å²) in [6.45, 7) is 3.38. The van der Waals surface area contributed by atoms with Crippen LogP contribution in [-0.4, -0.2) is 11.5 Å². The van der Waals surface area contributed by atoms with Gasteiger partial charge >= 0.3 is 0 Å². The third-order valence-electron chi connectivity index (χ3n) is 3.14. The number of hydrogen-bond donors (Lipinski definition) is 1. The van der Waals surface area contributed by atoms with E-state index in [1.807, 2.05) is 0 Å². The number of aromatic nitrogens is 1. The Labute approximate surface area is 107 Å². The van der Waals surface area contributed by atoms with E-state index in [1.54, 1.807) is 11.3 Å². The van der Waals surface area contributed by atoms with Crippen molar-refractivity contribution in [1.29, 1.82) is 0 Å². The molecule has 0 bridgehead atoms. The number of nitrogens with one attached hydrogen (secondary N) is 1. The number of anilines is 1. The second kappa shape index (κ2) is 4.00. The summed E-state index contributed by atoms with van der Waals surface area (Å²) in [5, 5.41) is 4.49. The maximum Gasteiger partial charge on any atom is 0.183 e. The lowest BCUT2D eigenvalue weighted by Gasteiger charge is -1.98. The Morgan fingerprint density at radius 1 is 1.56 bits per heavy atom. The SMILES string of the molecule is CC1CC1CNc1nc2cc(Br)ccc2s1. The Hall–Kier alpha value is -0.610. The van der Waals surface area contributed by atoms with Crippen LogP contribution in [0.2, 0.25) is 0 Å². The summed E-state index contributed by atoms with van der Waals surface area (Å²) < 4.78 is 2.34. The van der Waals surface area contributed by atoms with Crippen LogP contribution >= 0.6 is 27.3 Å². The van der Waals surface area contributed by atoms with Gasteiger partial charge in [-0.1, -0.05) is 34.2 Å². The van der Waals surface area contributed by atoms with Gasteiger partial charge in [-0.2, -0.15) is 0 Å². The lowest BCUT2D eigenvalue weighted by Crippen LogP contribution is -2.03. The largest absolute Gasteiger partial charge is 0.361 e. The molecule has 1 fully saturated rings. The molecule has 2 unspecified atom stereocenters. The summed E-state index contributed by atoms with van der Waals surface area (Å²) in [6.07, 6.45) is 1.36. The Bertz CT molecular complexity index is 523. The molecule has 1 saturated carbocycles. The van der Waals surface area contributed by atoms with E-state index < -0.39 is 0 Å². The number of thiazole rings is 1. The second-order valence-electron chi connectivity index (χ2n) is 4.49. The average Bonchev–Trinajstić information content (AvgIpc) is 2.81. The minimum atomic E-state index is 0.860. The van der Waals surface area contributed by atoms with Gasteiger partial charge in [0.15, 0.2) is 5.13 Å². The number of benzene rings is 1. The summed E-state index contributed by atoms with van der Waals surface area (Å²) in [5.74, 6) is 1.76. The van der Waals surface area contributed by atoms with Crippen LogP contribution in [0.15, 0.2) is 22.7 Å². The number of halogens is 1. The first-order valence-electron chi connectivity index (χ1n) is 5.52. The summed E-state index contributed by atoms with van der Waals surface area (Å²) in [6, 6.07) is 6.24. The molecule has 16 heavy (non-hydrogen) atoms. The lowest BCUT2D eigenvalue weighted by molar-refractivity contribution is 0.787. The van der Waals surface area contributed by atoms with Gasteiger partial charge in [0.05, 0.1) is 10.2 Å². The molecule has 1 aromatic heterocycles. The molecule has 1 aromatic carbocycles. The highest BCUT2D eigenvalue weighted by molar-refractivity contribution is 9.10.